The molecule has 2 aromatic carbocycles. The Labute approximate surface area is 144 Å². The second-order valence-corrected chi connectivity index (χ2v) is 6.12. The minimum atomic E-state index is -0.131. The summed E-state index contributed by atoms with van der Waals surface area (Å²) in [5.74, 6) is 1.03. The van der Waals surface area contributed by atoms with Crippen molar-refractivity contribution < 1.29 is 14.3 Å². The molecule has 124 valence electrons. The van der Waals surface area contributed by atoms with E-state index in [1.165, 1.54) is 11.3 Å². The smallest absolute Gasteiger partial charge is 0.260 e. The van der Waals surface area contributed by atoms with Gasteiger partial charge in [0.15, 0.2) is 5.13 Å². The lowest BCUT2D eigenvalue weighted by atomic mass is 10.1. The van der Waals surface area contributed by atoms with E-state index < -0.39 is 0 Å². The number of benzene rings is 2. The van der Waals surface area contributed by atoms with Crippen LogP contribution in [0.2, 0.25) is 0 Å². The first kappa shape index (κ1) is 16.3. The predicted octanol–water partition coefficient (Wildman–Crippen LogP) is 3.98. The summed E-state index contributed by atoms with van der Waals surface area (Å²) in [6.07, 6.45) is 0. The molecule has 0 aliphatic rings. The molecule has 1 heterocycles. The van der Waals surface area contributed by atoms with Gasteiger partial charge in [-0.1, -0.05) is 23.5 Å². The van der Waals surface area contributed by atoms with Crippen LogP contribution in [0.25, 0.3) is 10.2 Å². The van der Waals surface area contributed by atoms with Gasteiger partial charge in [0.05, 0.1) is 24.4 Å². The number of rotatable bonds is 5. The van der Waals surface area contributed by atoms with Crippen LogP contribution in [-0.4, -0.2) is 31.7 Å². The third-order valence-corrected chi connectivity index (χ3v) is 4.73. The van der Waals surface area contributed by atoms with Gasteiger partial charge in [-0.2, -0.15) is 0 Å². The second-order valence-electron chi connectivity index (χ2n) is 5.11. The van der Waals surface area contributed by atoms with Crippen molar-refractivity contribution in [3.05, 3.63) is 48.0 Å². The Morgan fingerprint density at radius 1 is 1.12 bits per heavy atom. The standard InChI is InChI=1S/C18H18N2O3S/c1-4-20(18-19-15-7-5-6-8-16(15)24-18)17(21)12-9-13(22-2)11-14(10-12)23-3/h5-11H,4H2,1-3H3. The number of aromatic nitrogens is 1. The minimum Gasteiger partial charge on any atom is -0.497 e. The highest BCUT2D eigenvalue weighted by Crippen LogP contribution is 2.30. The van der Waals surface area contributed by atoms with Crippen molar-refractivity contribution in [2.24, 2.45) is 0 Å². The zero-order valence-electron chi connectivity index (χ0n) is 13.8. The summed E-state index contributed by atoms with van der Waals surface area (Å²) >= 11 is 1.50. The number of carbonyl (C=O) groups is 1. The van der Waals surface area contributed by atoms with Crippen LogP contribution in [-0.2, 0) is 0 Å². The van der Waals surface area contributed by atoms with E-state index in [-0.39, 0.29) is 5.91 Å². The first-order valence-electron chi connectivity index (χ1n) is 7.56. The molecule has 0 saturated heterocycles. The highest BCUT2D eigenvalue weighted by Gasteiger charge is 2.21. The molecule has 3 aromatic rings. The van der Waals surface area contributed by atoms with Crippen molar-refractivity contribution in [3.8, 4) is 11.5 Å². The molecule has 24 heavy (non-hydrogen) atoms. The van der Waals surface area contributed by atoms with Gasteiger partial charge in [-0.05, 0) is 31.2 Å². The number of nitrogens with zero attached hydrogens (tertiary/aromatic N) is 2. The van der Waals surface area contributed by atoms with Gasteiger partial charge in [0.1, 0.15) is 11.5 Å². The van der Waals surface area contributed by atoms with Gasteiger partial charge < -0.3 is 9.47 Å². The molecule has 6 heteroatoms. The van der Waals surface area contributed by atoms with Crippen molar-refractivity contribution in [2.45, 2.75) is 6.92 Å². The molecule has 0 saturated carbocycles. The van der Waals surface area contributed by atoms with Crippen LogP contribution in [0, 0.1) is 0 Å². The fourth-order valence-corrected chi connectivity index (χ4v) is 3.46. The maximum Gasteiger partial charge on any atom is 0.260 e. The van der Waals surface area contributed by atoms with Crippen molar-refractivity contribution in [2.75, 3.05) is 25.7 Å². The van der Waals surface area contributed by atoms with E-state index in [2.05, 4.69) is 4.98 Å². The second kappa shape index (κ2) is 6.88. The van der Waals surface area contributed by atoms with Crippen molar-refractivity contribution in [3.63, 3.8) is 0 Å². The summed E-state index contributed by atoms with van der Waals surface area (Å²) in [5.41, 5.74) is 1.40. The van der Waals surface area contributed by atoms with E-state index in [0.717, 1.165) is 10.2 Å². The van der Waals surface area contributed by atoms with Gasteiger partial charge in [-0.25, -0.2) is 4.98 Å². The Balaban J connectivity index is 1.99. The van der Waals surface area contributed by atoms with Crippen LogP contribution >= 0.6 is 11.3 Å². The molecule has 1 aromatic heterocycles. The Bertz CT molecular complexity index is 820. The number of anilines is 1. The van der Waals surface area contributed by atoms with Gasteiger partial charge in [-0.3, -0.25) is 9.69 Å². The van der Waals surface area contributed by atoms with E-state index in [9.17, 15) is 4.79 Å². The van der Waals surface area contributed by atoms with Gasteiger partial charge in [0, 0.05) is 18.2 Å². The summed E-state index contributed by atoms with van der Waals surface area (Å²) in [6.45, 7) is 2.46. The van der Waals surface area contributed by atoms with Gasteiger partial charge in [0.2, 0.25) is 0 Å². The predicted molar refractivity (Wildman–Crippen MR) is 96.5 cm³/mol. The molecule has 0 aliphatic heterocycles. The Kier molecular flexibility index (Phi) is 4.66. The number of amides is 1. The van der Waals surface area contributed by atoms with Crippen LogP contribution in [0.3, 0.4) is 0 Å². The van der Waals surface area contributed by atoms with Crippen molar-refractivity contribution in [1.82, 2.24) is 4.98 Å². The lowest BCUT2D eigenvalue weighted by molar-refractivity contribution is 0.0987. The number of methoxy groups -OCH3 is 2. The van der Waals surface area contributed by atoms with E-state index >= 15 is 0 Å². The largest absolute Gasteiger partial charge is 0.497 e. The topological polar surface area (TPSA) is 51.7 Å². The van der Waals surface area contributed by atoms with Crippen molar-refractivity contribution in [1.29, 1.82) is 0 Å². The molecule has 0 fully saturated rings. The summed E-state index contributed by atoms with van der Waals surface area (Å²) in [5, 5.41) is 0.686. The van der Waals surface area contributed by atoms with Gasteiger partial charge in [-0.15, -0.1) is 0 Å². The maximum absolute atomic E-state index is 13.0. The van der Waals surface area contributed by atoms with Crippen LogP contribution in [0.5, 0.6) is 11.5 Å². The summed E-state index contributed by atoms with van der Waals surface area (Å²) in [6, 6.07) is 13.0. The number of hydrogen-bond acceptors (Lipinski definition) is 5. The third kappa shape index (κ3) is 3.05. The Morgan fingerprint density at radius 2 is 1.79 bits per heavy atom. The highest BCUT2D eigenvalue weighted by molar-refractivity contribution is 7.22. The number of hydrogen-bond donors (Lipinski definition) is 0. The van der Waals surface area contributed by atoms with Crippen LogP contribution in [0.4, 0.5) is 5.13 Å². The van der Waals surface area contributed by atoms with E-state index in [1.807, 2.05) is 31.2 Å². The number of para-hydroxylation sites is 1. The highest BCUT2D eigenvalue weighted by atomic mass is 32.1. The fourth-order valence-electron chi connectivity index (χ4n) is 2.43. The van der Waals surface area contributed by atoms with E-state index in [0.29, 0.717) is 28.7 Å². The average molecular weight is 342 g/mol. The quantitative estimate of drug-likeness (QED) is 0.704. The third-order valence-electron chi connectivity index (χ3n) is 3.67. The molecule has 0 unspecified atom stereocenters. The van der Waals surface area contributed by atoms with Crippen LogP contribution in [0.1, 0.15) is 17.3 Å². The molecule has 0 aliphatic carbocycles. The molecule has 1 amide bonds. The summed E-state index contributed by atoms with van der Waals surface area (Å²) < 4.78 is 11.6. The number of thiazole rings is 1. The number of ether oxygens (including phenoxy) is 2. The first-order chi connectivity index (χ1) is 11.7. The lowest BCUT2D eigenvalue weighted by Crippen LogP contribution is -2.30. The van der Waals surface area contributed by atoms with Crippen LogP contribution in [0.15, 0.2) is 42.5 Å². The molecule has 0 atom stereocenters. The Morgan fingerprint density at radius 3 is 2.38 bits per heavy atom. The molecule has 3 rings (SSSR count). The molecule has 0 spiro atoms. The summed E-state index contributed by atoms with van der Waals surface area (Å²) in [4.78, 5) is 19.2. The van der Waals surface area contributed by atoms with Crippen LogP contribution < -0.4 is 14.4 Å². The number of fused-ring (bicyclic) bond motifs is 1. The molecular weight excluding hydrogens is 324 g/mol. The molecule has 5 nitrogen and oxygen atoms in total. The Hall–Kier alpha value is -2.60. The van der Waals surface area contributed by atoms with E-state index in [4.69, 9.17) is 9.47 Å². The van der Waals surface area contributed by atoms with Crippen molar-refractivity contribution >= 4 is 32.6 Å². The monoisotopic (exact) mass is 342 g/mol. The zero-order chi connectivity index (χ0) is 17.1. The van der Waals surface area contributed by atoms with E-state index in [1.54, 1.807) is 37.3 Å². The molecule has 0 bridgehead atoms. The molecular formula is C18H18N2O3S. The molecule has 0 radical (unpaired) electrons. The number of carbonyl (C=O) groups excluding carboxylic acids is 1. The SMILES string of the molecule is CCN(C(=O)c1cc(OC)cc(OC)c1)c1nc2ccccc2s1. The minimum absolute atomic E-state index is 0.131. The lowest BCUT2D eigenvalue weighted by Gasteiger charge is -2.18. The zero-order valence-corrected chi connectivity index (χ0v) is 14.6. The normalized spacial score (nSPS) is 10.6. The maximum atomic E-state index is 13.0. The first-order valence-corrected chi connectivity index (χ1v) is 8.38. The summed E-state index contributed by atoms with van der Waals surface area (Å²) in [7, 11) is 3.13. The molecule has 0 N–H and O–H groups in total. The average Bonchev–Trinajstić information content (AvgIpc) is 3.05. The fraction of sp³-hybridized carbons (Fsp3) is 0.222. The van der Waals surface area contributed by atoms with Gasteiger partial charge >= 0.3 is 0 Å². The van der Waals surface area contributed by atoms with Gasteiger partial charge in [0.25, 0.3) is 5.91 Å².